The van der Waals surface area contributed by atoms with Gasteiger partial charge in [0.15, 0.2) is 0 Å². The molecule has 0 fully saturated rings. The summed E-state index contributed by atoms with van der Waals surface area (Å²) in [5, 5.41) is 0. The van der Waals surface area contributed by atoms with E-state index in [0.29, 0.717) is 11.1 Å². The molecule has 0 spiro atoms. The number of carbonyl (C=O) groups is 3. The van der Waals surface area contributed by atoms with E-state index in [1.54, 1.807) is 12.1 Å². The Bertz CT molecular complexity index is 502. The first-order chi connectivity index (χ1) is 8.07. The van der Waals surface area contributed by atoms with Crippen LogP contribution in [-0.4, -0.2) is 24.1 Å². The van der Waals surface area contributed by atoms with Crippen molar-refractivity contribution in [1.82, 2.24) is 0 Å². The monoisotopic (exact) mass is 232 g/mol. The minimum absolute atomic E-state index is 0.136. The molecule has 2 rings (SSSR count). The maximum absolute atomic E-state index is 12.0. The van der Waals surface area contributed by atoms with E-state index >= 15 is 0 Å². The Labute approximate surface area is 98.6 Å². The van der Waals surface area contributed by atoms with Gasteiger partial charge in [-0.25, -0.2) is 0 Å². The molecule has 1 unspecified atom stereocenters. The predicted octanol–water partition coefficient (Wildman–Crippen LogP) is 1.73. The van der Waals surface area contributed by atoms with Crippen LogP contribution in [-0.2, 0) is 9.53 Å². The third-order valence-electron chi connectivity index (χ3n) is 2.90. The number of carbonyl (C=O) groups excluding carboxylic acids is 3. The van der Waals surface area contributed by atoms with Gasteiger partial charge in [-0.1, -0.05) is 32.0 Å². The number of ether oxygens (including phenoxy) is 1. The lowest BCUT2D eigenvalue weighted by Crippen LogP contribution is -2.25. The van der Waals surface area contributed by atoms with Gasteiger partial charge in [0.25, 0.3) is 6.47 Å². The first kappa shape index (κ1) is 11.5. The lowest BCUT2D eigenvalue weighted by atomic mass is 9.94. The molecule has 1 aliphatic rings. The highest BCUT2D eigenvalue weighted by Gasteiger charge is 2.41. The Balaban J connectivity index is 2.57. The zero-order chi connectivity index (χ0) is 12.6. The van der Waals surface area contributed by atoms with Crippen LogP contribution in [0.4, 0.5) is 0 Å². The van der Waals surface area contributed by atoms with Crippen molar-refractivity contribution >= 4 is 18.0 Å². The Hall–Kier alpha value is -1.97. The van der Waals surface area contributed by atoms with Gasteiger partial charge < -0.3 is 4.74 Å². The van der Waals surface area contributed by atoms with Crippen LogP contribution in [0.3, 0.4) is 0 Å². The standard InChI is InChI=1S/C13H12O4/c1-7(2)8-4-3-5-9-10(8)12(16)13(11(9)15)17-6-14/h3-7,13H,1-2H3. The van der Waals surface area contributed by atoms with Crippen LogP contribution >= 0.6 is 0 Å². The molecule has 4 nitrogen and oxygen atoms in total. The van der Waals surface area contributed by atoms with E-state index in [9.17, 15) is 14.4 Å². The van der Waals surface area contributed by atoms with Gasteiger partial charge in [-0.05, 0) is 11.5 Å². The molecule has 0 heterocycles. The Morgan fingerprint density at radius 2 is 1.94 bits per heavy atom. The van der Waals surface area contributed by atoms with Crippen LogP contribution in [0.25, 0.3) is 0 Å². The first-order valence-electron chi connectivity index (χ1n) is 5.38. The van der Waals surface area contributed by atoms with Crippen molar-refractivity contribution in [3.05, 3.63) is 34.9 Å². The number of ketones is 2. The largest absolute Gasteiger partial charge is 0.448 e. The van der Waals surface area contributed by atoms with Crippen molar-refractivity contribution in [2.24, 2.45) is 0 Å². The zero-order valence-corrected chi connectivity index (χ0v) is 9.60. The van der Waals surface area contributed by atoms with E-state index in [1.807, 2.05) is 19.9 Å². The van der Waals surface area contributed by atoms with Crippen LogP contribution < -0.4 is 0 Å². The molecule has 0 radical (unpaired) electrons. The van der Waals surface area contributed by atoms with Crippen molar-refractivity contribution < 1.29 is 19.1 Å². The van der Waals surface area contributed by atoms with Gasteiger partial charge in [0.1, 0.15) is 0 Å². The lowest BCUT2D eigenvalue weighted by molar-refractivity contribution is -0.130. The second-order valence-electron chi connectivity index (χ2n) is 4.27. The van der Waals surface area contributed by atoms with Crippen LogP contribution in [0.2, 0.25) is 0 Å². The molecule has 0 bridgehead atoms. The summed E-state index contributed by atoms with van der Waals surface area (Å²) in [6.45, 7) is 4.03. The summed E-state index contributed by atoms with van der Waals surface area (Å²) in [6, 6.07) is 5.15. The molecule has 0 saturated heterocycles. The van der Waals surface area contributed by atoms with Gasteiger partial charge in [0.2, 0.25) is 17.7 Å². The molecule has 0 saturated carbocycles. The molecule has 1 aromatic carbocycles. The summed E-state index contributed by atoms with van der Waals surface area (Å²) in [4.78, 5) is 34.2. The fraction of sp³-hybridized carbons (Fsp3) is 0.308. The number of benzene rings is 1. The molecule has 17 heavy (non-hydrogen) atoms. The fourth-order valence-corrected chi connectivity index (χ4v) is 2.10. The fourth-order valence-electron chi connectivity index (χ4n) is 2.10. The highest BCUT2D eigenvalue weighted by molar-refractivity contribution is 6.29. The molecule has 1 aromatic rings. The summed E-state index contributed by atoms with van der Waals surface area (Å²) >= 11 is 0. The van der Waals surface area contributed by atoms with E-state index in [1.165, 1.54) is 0 Å². The SMILES string of the molecule is CC(C)c1cccc2c1C(=O)C(OC=O)C2=O. The smallest absolute Gasteiger partial charge is 0.294 e. The maximum Gasteiger partial charge on any atom is 0.294 e. The topological polar surface area (TPSA) is 60.4 Å². The number of hydrogen-bond acceptors (Lipinski definition) is 4. The number of rotatable bonds is 3. The van der Waals surface area contributed by atoms with Crippen LogP contribution in [0.1, 0.15) is 46.0 Å². The molecule has 0 aromatic heterocycles. The predicted molar refractivity (Wildman–Crippen MR) is 60.1 cm³/mol. The molecule has 0 amide bonds. The van der Waals surface area contributed by atoms with Gasteiger partial charge in [-0.15, -0.1) is 0 Å². The molecular formula is C13H12O4. The van der Waals surface area contributed by atoms with Crippen molar-refractivity contribution in [1.29, 1.82) is 0 Å². The van der Waals surface area contributed by atoms with Crippen molar-refractivity contribution in [2.75, 3.05) is 0 Å². The van der Waals surface area contributed by atoms with Crippen LogP contribution in [0.15, 0.2) is 18.2 Å². The van der Waals surface area contributed by atoms with Crippen molar-refractivity contribution in [2.45, 2.75) is 25.9 Å². The van der Waals surface area contributed by atoms with E-state index in [0.717, 1.165) is 5.56 Å². The summed E-state index contributed by atoms with van der Waals surface area (Å²) in [5.74, 6) is -0.710. The lowest BCUT2D eigenvalue weighted by Gasteiger charge is -2.09. The van der Waals surface area contributed by atoms with Gasteiger partial charge >= 0.3 is 0 Å². The normalized spacial score (nSPS) is 18.4. The third-order valence-corrected chi connectivity index (χ3v) is 2.90. The average molecular weight is 232 g/mol. The van der Waals surface area contributed by atoms with E-state index in [4.69, 9.17) is 0 Å². The third kappa shape index (κ3) is 1.65. The summed E-state index contributed by atoms with van der Waals surface area (Å²) in [5.41, 5.74) is 1.57. The second kappa shape index (κ2) is 4.13. The van der Waals surface area contributed by atoms with Gasteiger partial charge in [0.05, 0.1) is 0 Å². The van der Waals surface area contributed by atoms with Crippen LogP contribution in [0, 0.1) is 0 Å². The number of Topliss-reactive ketones (excluding diaryl/α,β-unsaturated/α-hetero) is 2. The van der Waals surface area contributed by atoms with Gasteiger partial charge in [-0.3, -0.25) is 14.4 Å². The number of hydrogen-bond donors (Lipinski definition) is 0. The number of fused-ring (bicyclic) bond motifs is 1. The van der Waals surface area contributed by atoms with E-state index in [-0.39, 0.29) is 12.4 Å². The zero-order valence-electron chi connectivity index (χ0n) is 9.60. The Morgan fingerprint density at radius 3 is 2.53 bits per heavy atom. The molecule has 1 aliphatic carbocycles. The Kier molecular flexibility index (Phi) is 2.79. The minimum Gasteiger partial charge on any atom is -0.448 e. The van der Waals surface area contributed by atoms with Crippen molar-refractivity contribution in [3.63, 3.8) is 0 Å². The summed E-state index contributed by atoms with van der Waals surface area (Å²) < 4.78 is 4.56. The second-order valence-corrected chi connectivity index (χ2v) is 4.27. The molecule has 0 aliphatic heterocycles. The minimum atomic E-state index is -1.29. The summed E-state index contributed by atoms with van der Waals surface area (Å²) in [6.07, 6.45) is -1.29. The molecule has 88 valence electrons. The van der Waals surface area contributed by atoms with Crippen molar-refractivity contribution in [3.8, 4) is 0 Å². The highest BCUT2D eigenvalue weighted by Crippen LogP contribution is 2.30. The van der Waals surface area contributed by atoms with Gasteiger partial charge in [-0.2, -0.15) is 0 Å². The summed E-state index contributed by atoms with van der Waals surface area (Å²) in [7, 11) is 0. The Morgan fingerprint density at radius 1 is 1.24 bits per heavy atom. The molecular weight excluding hydrogens is 220 g/mol. The van der Waals surface area contributed by atoms with E-state index in [2.05, 4.69) is 4.74 Å². The first-order valence-corrected chi connectivity index (χ1v) is 5.38. The van der Waals surface area contributed by atoms with Crippen LogP contribution in [0.5, 0.6) is 0 Å². The molecule has 1 atom stereocenters. The quantitative estimate of drug-likeness (QED) is 0.588. The van der Waals surface area contributed by atoms with Gasteiger partial charge in [0, 0.05) is 11.1 Å². The molecule has 4 heteroatoms. The van der Waals surface area contributed by atoms with E-state index < -0.39 is 17.7 Å². The average Bonchev–Trinajstić information content (AvgIpc) is 2.55. The highest BCUT2D eigenvalue weighted by atomic mass is 16.5. The maximum atomic E-state index is 12.0. The molecule has 0 N–H and O–H groups in total.